The first-order chi connectivity index (χ1) is 10.4. The molecular formula is C16H22N4O. The summed E-state index contributed by atoms with van der Waals surface area (Å²) in [6.45, 7) is 1.79. The molecule has 0 N–H and O–H groups in total. The van der Waals surface area contributed by atoms with Crippen LogP contribution in [0.15, 0.2) is 12.4 Å². The third-order valence-corrected chi connectivity index (χ3v) is 4.46. The quantitative estimate of drug-likeness (QED) is 0.855. The van der Waals surface area contributed by atoms with E-state index in [9.17, 15) is 0 Å². The second kappa shape index (κ2) is 6.86. The second-order valence-electron chi connectivity index (χ2n) is 5.92. The van der Waals surface area contributed by atoms with Crippen molar-refractivity contribution in [3.63, 3.8) is 0 Å². The monoisotopic (exact) mass is 286 g/mol. The minimum atomic E-state index is 0.367. The van der Waals surface area contributed by atoms with Crippen molar-refractivity contribution in [2.75, 3.05) is 18.0 Å². The highest BCUT2D eigenvalue weighted by atomic mass is 16.5. The van der Waals surface area contributed by atoms with Crippen LogP contribution in [-0.4, -0.2) is 35.3 Å². The van der Waals surface area contributed by atoms with Gasteiger partial charge in [-0.2, -0.15) is 5.26 Å². The van der Waals surface area contributed by atoms with Gasteiger partial charge in [-0.3, -0.25) is 0 Å². The van der Waals surface area contributed by atoms with Crippen molar-refractivity contribution in [2.45, 2.75) is 57.2 Å². The van der Waals surface area contributed by atoms with Crippen LogP contribution >= 0.6 is 0 Å². The van der Waals surface area contributed by atoms with Crippen LogP contribution in [0.2, 0.25) is 0 Å². The topological polar surface area (TPSA) is 62.0 Å². The Kier molecular flexibility index (Phi) is 4.66. The van der Waals surface area contributed by atoms with Gasteiger partial charge in [-0.05, 0) is 25.7 Å². The summed E-state index contributed by atoms with van der Waals surface area (Å²) in [5, 5.41) is 9.11. The number of aromatic nitrogens is 2. The van der Waals surface area contributed by atoms with Crippen molar-refractivity contribution in [1.82, 2.24) is 9.97 Å². The number of hydrogen-bond donors (Lipinski definition) is 0. The predicted octanol–water partition coefficient (Wildman–Crippen LogP) is 2.67. The van der Waals surface area contributed by atoms with Gasteiger partial charge >= 0.3 is 0 Å². The van der Waals surface area contributed by atoms with Gasteiger partial charge in [0.15, 0.2) is 11.5 Å². The molecule has 3 rings (SSSR count). The Morgan fingerprint density at radius 1 is 1.00 bits per heavy atom. The molecule has 1 saturated heterocycles. The summed E-state index contributed by atoms with van der Waals surface area (Å²) >= 11 is 0. The third kappa shape index (κ3) is 3.51. The van der Waals surface area contributed by atoms with E-state index in [0.717, 1.165) is 31.7 Å². The van der Waals surface area contributed by atoms with Crippen LogP contribution in [-0.2, 0) is 4.74 Å². The van der Waals surface area contributed by atoms with Gasteiger partial charge < -0.3 is 9.64 Å². The molecule has 1 aliphatic carbocycles. The van der Waals surface area contributed by atoms with Gasteiger partial charge in [0.2, 0.25) is 0 Å². The van der Waals surface area contributed by atoms with Gasteiger partial charge in [0.25, 0.3) is 0 Å². The Bertz CT molecular complexity index is 499. The van der Waals surface area contributed by atoms with Crippen molar-refractivity contribution in [2.24, 2.45) is 0 Å². The van der Waals surface area contributed by atoms with Gasteiger partial charge in [-0.25, -0.2) is 9.97 Å². The summed E-state index contributed by atoms with van der Waals surface area (Å²) in [6, 6.07) is 2.12. The molecule has 5 nitrogen and oxygen atoms in total. The Morgan fingerprint density at radius 3 is 2.38 bits per heavy atom. The maximum absolute atomic E-state index is 9.11. The SMILES string of the molecule is N#Cc1nccnc1N1CCC(OC2CCCCC2)CC1. The summed E-state index contributed by atoms with van der Waals surface area (Å²) in [7, 11) is 0. The van der Waals surface area contributed by atoms with Gasteiger partial charge in [-0.15, -0.1) is 0 Å². The number of anilines is 1. The molecule has 5 heteroatoms. The maximum atomic E-state index is 9.11. The lowest BCUT2D eigenvalue weighted by molar-refractivity contribution is -0.0395. The normalized spacial score (nSPS) is 21.2. The molecule has 0 atom stereocenters. The summed E-state index contributed by atoms with van der Waals surface area (Å²) in [5.41, 5.74) is 0.421. The van der Waals surface area contributed by atoms with Crippen molar-refractivity contribution < 1.29 is 4.74 Å². The molecule has 1 aliphatic heterocycles. The van der Waals surface area contributed by atoms with Gasteiger partial charge in [-0.1, -0.05) is 19.3 Å². The van der Waals surface area contributed by atoms with E-state index in [1.54, 1.807) is 12.4 Å². The molecule has 2 aliphatic rings. The smallest absolute Gasteiger partial charge is 0.183 e. The molecule has 0 amide bonds. The fourth-order valence-electron chi connectivity index (χ4n) is 3.32. The van der Waals surface area contributed by atoms with E-state index in [4.69, 9.17) is 10.00 Å². The average Bonchev–Trinajstić information content (AvgIpc) is 2.56. The molecule has 0 bridgehead atoms. The van der Waals surface area contributed by atoms with Crippen LogP contribution in [0.5, 0.6) is 0 Å². The molecule has 112 valence electrons. The van der Waals surface area contributed by atoms with Crippen LogP contribution in [0.1, 0.15) is 50.6 Å². The number of nitrogens with zero attached hydrogens (tertiary/aromatic N) is 4. The highest BCUT2D eigenvalue weighted by molar-refractivity contribution is 5.49. The van der Waals surface area contributed by atoms with Crippen molar-refractivity contribution in [3.05, 3.63) is 18.1 Å². The number of rotatable bonds is 3. The molecule has 1 aromatic heterocycles. The molecule has 21 heavy (non-hydrogen) atoms. The van der Waals surface area contributed by atoms with Crippen LogP contribution < -0.4 is 4.90 Å². The molecule has 2 fully saturated rings. The molecule has 0 unspecified atom stereocenters. The van der Waals surface area contributed by atoms with Crippen molar-refractivity contribution >= 4 is 5.82 Å². The fraction of sp³-hybridized carbons (Fsp3) is 0.688. The molecule has 0 radical (unpaired) electrons. The predicted molar refractivity (Wildman–Crippen MR) is 79.9 cm³/mol. The van der Waals surface area contributed by atoms with E-state index in [0.29, 0.717) is 17.9 Å². The summed E-state index contributed by atoms with van der Waals surface area (Å²) in [4.78, 5) is 10.6. The van der Waals surface area contributed by atoms with Crippen LogP contribution in [0, 0.1) is 11.3 Å². The zero-order valence-corrected chi connectivity index (χ0v) is 12.4. The molecule has 0 aromatic carbocycles. The molecule has 2 heterocycles. The highest BCUT2D eigenvalue weighted by Gasteiger charge is 2.25. The van der Waals surface area contributed by atoms with Crippen LogP contribution in [0.3, 0.4) is 0 Å². The maximum Gasteiger partial charge on any atom is 0.183 e. The second-order valence-corrected chi connectivity index (χ2v) is 5.92. The first kappa shape index (κ1) is 14.3. The standard InChI is InChI=1S/C16H22N4O/c17-12-15-16(19-9-8-18-15)20-10-6-14(7-11-20)21-13-4-2-1-3-5-13/h8-9,13-14H,1-7,10-11H2. The van der Waals surface area contributed by atoms with Crippen LogP contribution in [0.25, 0.3) is 0 Å². The lowest BCUT2D eigenvalue weighted by Gasteiger charge is -2.35. The van der Waals surface area contributed by atoms with Gasteiger partial charge in [0, 0.05) is 25.5 Å². The fourth-order valence-corrected chi connectivity index (χ4v) is 3.32. The lowest BCUT2D eigenvalue weighted by Crippen LogP contribution is -2.39. The summed E-state index contributed by atoms with van der Waals surface area (Å²) in [6.07, 6.45) is 12.5. The number of ether oxygens (including phenoxy) is 1. The van der Waals surface area contributed by atoms with Crippen molar-refractivity contribution in [3.8, 4) is 6.07 Å². The van der Waals surface area contributed by atoms with E-state index in [1.165, 1.54) is 32.1 Å². The zero-order valence-electron chi connectivity index (χ0n) is 12.4. The summed E-state index contributed by atoms with van der Waals surface area (Å²) < 4.78 is 6.25. The molecular weight excluding hydrogens is 264 g/mol. The zero-order chi connectivity index (χ0) is 14.5. The Labute approximate surface area is 126 Å². The Morgan fingerprint density at radius 2 is 1.67 bits per heavy atom. The Balaban J connectivity index is 1.54. The van der Waals surface area contributed by atoms with E-state index < -0.39 is 0 Å². The first-order valence-electron chi connectivity index (χ1n) is 7.98. The van der Waals surface area contributed by atoms with Crippen molar-refractivity contribution in [1.29, 1.82) is 5.26 Å². The van der Waals surface area contributed by atoms with Gasteiger partial charge in [0.05, 0.1) is 12.2 Å². The average molecular weight is 286 g/mol. The third-order valence-electron chi connectivity index (χ3n) is 4.46. The lowest BCUT2D eigenvalue weighted by atomic mass is 9.97. The van der Waals surface area contributed by atoms with E-state index >= 15 is 0 Å². The minimum absolute atomic E-state index is 0.367. The number of nitriles is 1. The number of hydrogen-bond acceptors (Lipinski definition) is 5. The molecule has 1 aromatic rings. The highest BCUT2D eigenvalue weighted by Crippen LogP contribution is 2.26. The summed E-state index contributed by atoms with van der Waals surface area (Å²) in [5.74, 6) is 0.719. The Hall–Kier alpha value is -1.67. The van der Waals surface area contributed by atoms with E-state index in [2.05, 4.69) is 20.9 Å². The number of piperidine rings is 1. The van der Waals surface area contributed by atoms with Crippen LogP contribution in [0.4, 0.5) is 5.82 Å². The van der Waals surface area contributed by atoms with E-state index in [1.807, 2.05) is 0 Å². The minimum Gasteiger partial charge on any atom is -0.375 e. The largest absolute Gasteiger partial charge is 0.375 e. The molecule has 0 spiro atoms. The first-order valence-corrected chi connectivity index (χ1v) is 7.98. The molecule has 1 saturated carbocycles. The van der Waals surface area contributed by atoms with Gasteiger partial charge in [0.1, 0.15) is 6.07 Å². The van der Waals surface area contributed by atoms with E-state index in [-0.39, 0.29) is 0 Å².